The zero-order valence-corrected chi connectivity index (χ0v) is 16.9. The summed E-state index contributed by atoms with van der Waals surface area (Å²) in [7, 11) is 0. The van der Waals surface area contributed by atoms with E-state index in [-0.39, 0.29) is 17.9 Å². The van der Waals surface area contributed by atoms with Crippen molar-refractivity contribution in [3.63, 3.8) is 0 Å². The standard InChI is InChI=1S/C20H25ClN2O2S/c1-13(2)6-4-7-14(3)22-19(24)15-9-10-16(21)17(12-15)23-20(25)18-8-5-11-26-18/h5,8-14H,4,6-7H2,1-3H3,(H,22,24)(H,23,25). The number of rotatable bonds is 8. The molecule has 0 fully saturated rings. The van der Waals surface area contributed by atoms with Crippen LogP contribution in [0, 0.1) is 5.92 Å². The Morgan fingerprint density at radius 1 is 1.12 bits per heavy atom. The Balaban J connectivity index is 1.99. The van der Waals surface area contributed by atoms with Crippen molar-refractivity contribution >= 4 is 40.4 Å². The highest BCUT2D eigenvalue weighted by Crippen LogP contribution is 2.24. The van der Waals surface area contributed by atoms with E-state index in [2.05, 4.69) is 24.5 Å². The largest absolute Gasteiger partial charge is 0.350 e. The van der Waals surface area contributed by atoms with Gasteiger partial charge in [-0.3, -0.25) is 9.59 Å². The number of carbonyl (C=O) groups is 2. The van der Waals surface area contributed by atoms with Crippen LogP contribution in [0.5, 0.6) is 0 Å². The average molecular weight is 393 g/mol. The Morgan fingerprint density at radius 3 is 2.54 bits per heavy atom. The highest BCUT2D eigenvalue weighted by molar-refractivity contribution is 7.12. The van der Waals surface area contributed by atoms with Crippen LogP contribution >= 0.6 is 22.9 Å². The molecule has 1 atom stereocenters. The summed E-state index contributed by atoms with van der Waals surface area (Å²) in [4.78, 5) is 25.3. The zero-order valence-electron chi connectivity index (χ0n) is 15.3. The number of halogens is 1. The molecule has 4 nitrogen and oxygen atoms in total. The van der Waals surface area contributed by atoms with Gasteiger partial charge in [0.05, 0.1) is 15.6 Å². The van der Waals surface area contributed by atoms with Gasteiger partial charge in [-0.15, -0.1) is 11.3 Å². The van der Waals surface area contributed by atoms with E-state index in [1.54, 1.807) is 24.3 Å². The fourth-order valence-electron chi connectivity index (χ4n) is 2.57. The van der Waals surface area contributed by atoms with Gasteiger partial charge in [-0.1, -0.05) is 44.4 Å². The molecule has 140 valence electrons. The average Bonchev–Trinajstić information content (AvgIpc) is 3.11. The molecule has 1 aromatic carbocycles. The third-order valence-electron chi connectivity index (χ3n) is 4.02. The maximum absolute atomic E-state index is 12.5. The van der Waals surface area contributed by atoms with Gasteiger partial charge >= 0.3 is 0 Å². The van der Waals surface area contributed by atoms with Gasteiger partial charge in [-0.25, -0.2) is 0 Å². The molecule has 0 bridgehead atoms. The molecule has 0 saturated heterocycles. The van der Waals surface area contributed by atoms with E-state index in [1.165, 1.54) is 11.3 Å². The van der Waals surface area contributed by atoms with Crippen molar-refractivity contribution in [1.29, 1.82) is 0 Å². The lowest BCUT2D eigenvalue weighted by Crippen LogP contribution is -2.32. The van der Waals surface area contributed by atoms with Gasteiger partial charge in [-0.2, -0.15) is 0 Å². The van der Waals surface area contributed by atoms with Crippen molar-refractivity contribution in [2.75, 3.05) is 5.32 Å². The molecule has 0 saturated carbocycles. The Hall–Kier alpha value is -1.85. The van der Waals surface area contributed by atoms with Crippen molar-refractivity contribution in [1.82, 2.24) is 5.32 Å². The van der Waals surface area contributed by atoms with E-state index in [0.29, 0.717) is 27.1 Å². The lowest BCUT2D eigenvalue weighted by molar-refractivity contribution is 0.0936. The lowest BCUT2D eigenvalue weighted by atomic mass is 10.0. The highest BCUT2D eigenvalue weighted by atomic mass is 35.5. The summed E-state index contributed by atoms with van der Waals surface area (Å²) >= 11 is 7.52. The van der Waals surface area contributed by atoms with E-state index in [9.17, 15) is 9.59 Å². The van der Waals surface area contributed by atoms with E-state index >= 15 is 0 Å². The Labute approximate surface area is 164 Å². The van der Waals surface area contributed by atoms with Gasteiger partial charge in [0, 0.05) is 11.6 Å². The fourth-order valence-corrected chi connectivity index (χ4v) is 3.35. The van der Waals surface area contributed by atoms with Gasteiger partial charge in [0.15, 0.2) is 0 Å². The summed E-state index contributed by atoms with van der Waals surface area (Å²) in [6, 6.07) is 8.56. The molecule has 0 radical (unpaired) electrons. The number of amides is 2. The predicted octanol–water partition coefficient (Wildman–Crippen LogP) is 5.60. The van der Waals surface area contributed by atoms with Crippen molar-refractivity contribution in [2.24, 2.45) is 5.92 Å². The minimum absolute atomic E-state index is 0.0982. The molecule has 2 rings (SSSR count). The number of nitrogens with one attached hydrogen (secondary N) is 2. The number of hydrogen-bond acceptors (Lipinski definition) is 3. The first-order chi connectivity index (χ1) is 12.4. The van der Waals surface area contributed by atoms with Crippen LogP contribution in [0.3, 0.4) is 0 Å². The summed E-state index contributed by atoms with van der Waals surface area (Å²) in [5, 5.41) is 8.01. The number of benzene rings is 1. The van der Waals surface area contributed by atoms with Gasteiger partial charge in [-0.05, 0) is 48.9 Å². The van der Waals surface area contributed by atoms with Crippen molar-refractivity contribution < 1.29 is 9.59 Å². The van der Waals surface area contributed by atoms with Crippen molar-refractivity contribution in [2.45, 2.75) is 46.1 Å². The van der Waals surface area contributed by atoms with Crippen LogP contribution in [-0.2, 0) is 0 Å². The van der Waals surface area contributed by atoms with Crippen LogP contribution in [0.1, 0.15) is 60.1 Å². The SMILES string of the molecule is CC(C)CCCC(C)NC(=O)c1ccc(Cl)c(NC(=O)c2cccs2)c1. The van der Waals surface area contributed by atoms with Crippen LogP contribution in [0.15, 0.2) is 35.7 Å². The fraction of sp³-hybridized carbons (Fsp3) is 0.400. The number of anilines is 1. The van der Waals surface area contributed by atoms with Crippen LogP contribution in [0.4, 0.5) is 5.69 Å². The molecule has 0 aliphatic heterocycles. The van der Waals surface area contributed by atoms with E-state index < -0.39 is 0 Å². The third kappa shape index (κ3) is 6.15. The molecule has 0 aliphatic rings. The van der Waals surface area contributed by atoms with Crippen LogP contribution in [0.25, 0.3) is 0 Å². The Bertz CT molecular complexity index is 744. The second-order valence-corrected chi connectivity index (χ2v) is 8.18. The molecule has 2 N–H and O–H groups in total. The smallest absolute Gasteiger partial charge is 0.265 e. The van der Waals surface area contributed by atoms with E-state index in [1.807, 2.05) is 18.4 Å². The van der Waals surface area contributed by atoms with Crippen molar-refractivity contribution in [3.05, 3.63) is 51.2 Å². The quantitative estimate of drug-likeness (QED) is 0.614. The monoisotopic (exact) mass is 392 g/mol. The maximum Gasteiger partial charge on any atom is 0.265 e. The third-order valence-corrected chi connectivity index (χ3v) is 5.22. The molecule has 2 aromatic rings. The molecule has 2 amide bonds. The summed E-state index contributed by atoms with van der Waals surface area (Å²) in [5.74, 6) is 0.274. The molecular weight excluding hydrogens is 368 g/mol. The molecule has 1 unspecified atom stereocenters. The maximum atomic E-state index is 12.5. The van der Waals surface area contributed by atoms with Gasteiger partial charge < -0.3 is 10.6 Å². The Kier molecular flexibility index (Phi) is 7.66. The van der Waals surface area contributed by atoms with Gasteiger partial charge in [0.25, 0.3) is 11.8 Å². The van der Waals surface area contributed by atoms with Crippen LogP contribution in [-0.4, -0.2) is 17.9 Å². The molecule has 0 spiro atoms. The highest BCUT2D eigenvalue weighted by Gasteiger charge is 2.14. The van der Waals surface area contributed by atoms with Crippen LogP contribution < -0.4 is 10.6 Å². The molecule has 1 heterocycles. The topological polar surface area (TPSA) is 58.2 Å². The first-order valence-electron chi connectivity index (χ1n) is 8.82. The van der Waals surface area contributed by atoms with Crippen LogP contribution in [0.2, 0.25) is 5.02 Å². The van der Waals surface area contributed by atoms with E-state index in [4.69, 9.17) is 11.6 Å². The predicted molar refractivity (Wildman–Crippen MR) is 109 cm³/mol. The zero-order chi connectivity index (χ0) is 19.1. The first kappa shape index (κ1) is 20.5. The van der Waals surface area contributed by atoms with Gasteiger partial charge in [0.1, 0.15) is 0 Å². The van der Waals surface area contributed by atoms with E-state index in [0.717, 1.165) is 19.3 Å². The number of thiophene rings is 1. The second kappa shape index (κ2) is 9.74. The lowest BCUT2D eigenvalue weighted by Gasteiger charge is -2.15. The molecule has 1 aromatic heterocycles. The molecule has 6 heteroatoms. The summed E-state index contributed by atoms with van der Waals surface area (Å²) in [6.07, 6.45) is 3.18. The van der Waals surface area contributed by atoms with Crippen molar-refractivity contribution in [3.8, 4) is 0 Å². The Morgan fingerprint density at radius 2 is 1.88 bits per heavy atom. The molecule has 26 heavy (non-hydrogen) atoms. The first-order valence-corrected chi connectivity index (χ1v) is 10.1. The summed E-state index contributed by atoms with van der Waals surface area (Å²) < 4.78 is 0. The second-order valence-electron chi connectivity index (χ2n) is 6.83. The summed E-state index contributed by atoms with van der Waals surface area (Å²) in [5.41, 5.74) is 0.914. The molecule has 0 aliphatic carbocycles. The number of hydrogen-bond donors (Lipinski definition) is 2. The normalized spacial score (nSPS) is 12.0. The minimum Gasteiger partial charge on any atom is -0.350 e. The minimum atomic E-state index is -0.235. The molecular formula is C20H25ClN2O2S. The summed E-state index contributed by atoms with van der Waals surface area (Å²) in [6.45, 7) is 6.40. The van der Waals surface area contributed by atoms with Gasteiger partial charge in [0.2, 0.25) is 0 Å². The number of carbonyl (C=O) groups excluding carboxylic acids is 2.